The van der Waals surface area contributed by atoms with Crippen molar-refractivity contribution in [3.63, 3.8) is 0 Å². The van der Waals surface area contributed by atoms with Gasteiger partial charge in [0.1, 0.15) is 12.4 Å². The summed E-state index contributed by atoms with van der Waals surface area (Å²) in [6, 6.07) is 11.1. The number of esters is 1. The normalized spacial score (nSPS) is 19.1. The van der Waals surface area contributed by atoms with Crippen molar-refractivity contribution in [2.24, 2.45) is 0 Å². The standard InChI is InChI=1S/C29H32BrNO6S/c1-5-38-11-10-37-29(34)25-16(2)31-21-13-17(19-8-6-7-9-23(19)35-3)14-22(32)27(21)26(25)18-12-20(30)28(33)24(15-18)36-4/h6-9,12,15,17,26,31,33H,5,10-11,13-14H2,1-4H3/t17-,26-/m1/s1. The van der Waals surface area contributed by atoms with Gasteiger partial charge < -0.3 is 24.6 Å². The van der Waals surface area contributed by atoms with Crippen LogP contribution in [0.5, 0.6) is 17.2 Å². The molecule has 9 heteroatoms. The molecule has 202 valence electrons. The monoisotopic (exact) mass is 601 g/mol. The molecule has 0 aromatic heterocycles. The van der Waals surface area contributed by atoms with Crippen LogP contribution in [-0.2, 0) is 14.3 Å². The van der Waals surface area contributed by atoms with E-state index in [2.05, 4.69) is 28.2 Å². The van der Waals surface area contributed by atoms with Crippen molar-refractivity contribution in [1.82, 2.24) is 5.32 Å². The lowest BCUT2D eigenvalue weighted by molar-refractivity contribution is -0.138. The molecular formula is C29H32BrNO6S. The van der Waals surface area contributed by atoms with Gasteiger partial charge in [-0.25, -0.2) is 4.79 Å². The van der Waals surface area contributed by atoms with Gasteiger partial charge in [-0.05, 0) is 64.4 Å². The van der Waals surface area contributed by atoms with E-state index in [1.165, 1.54) is 7.11 Å². The number of aromatic hydroxyl groups is 1. The summed E-state index contributed by atoms with van der Waals surface area (Å²) in [6.45, 7) is 4.16. The van der Waals surface area contributed by atoms with E-state index in [9.17, 15) is 14.7 Å². The minimum Gasteiger partial charge on any atom is -0.503 e. The summed E-state index contributed by atoms with van der Waals surface area (Å²) in [5.74, 6) is 1.31. The van der Waals surface area contributed by atoms with E-state index in [0.29, 0.717) is 39.1 Å². The number of allylic oxidation sites excluding steroid dienone is 3. The van der Waals surface area contributed by atoms with Crippen molar-refractivity contribution in [2.75, 3.05) is 32.3 Å². The van der Waals surface area contributed by atoms with Crippen LogP contribution in [0.4, 0.5) is 0 Å². The highest BCUT2D eigenvalue weighted by molar-refractivity contribution is 9.10. The molecule has 4 rings (SSSR count). The lowest BCUT2D eigenvalue weighted by Crippen LogP contribution is -2.36. The van der Waals surface area contributed by atoms with Gasteiger partial charge in [0.05, 0.1) is 24.3 Å². The molecule has 0 spiro atoms. The average Bonchev–Trinajstić information content (AvgIpc) is 2.91. The number of halogens is 1. The summed E-state index contributed by atoms with van der Waals surface area (Å²) in [5.41, 5.74) is 3.96. The van der Waals surface area contributed by atoms with Crippen LogP contribution in [0.15, 0.2) is 63.4 Å². The van der Waals surface area contributed by atoms with Gasteiger partial charge in [0.2, 0.25) is 0 Å². The molecule has 0 fully saturated rings. The van der Waals surface area contributed by atoms with E-state index >= 15 is 0 Å². The number of dihydropyridines is 1. The fraction of sp³-hybridized carbons (Fsp3) is 0.379. The van der Waals surface area contributed by atoms with Crippen LogP contribution in [-0.4, -0.2) is 49.2 Å². The maximum atomic E-state index is 13.9. The van der Waals surface area contributed by atoms with Gasteiger partial charge in [-0.15, -0.1) is 0 Å². The van der Waals surface area contributed by atoms with Crippen LogP contribution < -0.4 is 14.8 Å². The van der Waals surface area contributed by atoms with E-state index < -0.39 is 11.9 Å². The van der Waals surface area contributed by atoms with Crippen LogP contribution in [0.2, 0.25) is 0 Å². The predicted octanol–water partition coefficient (Wildman–Crippen LogP) is 5.83. The molecule has 2 atom stereocenters. The zero-order valence-electron chi connectivity index (χ0n) is 21.9. The second-order valence-electron chi connectivity index (χ2n) is 9.15. The Kier molecular flexibility index (Phi) is 9.10. The topological polar surface area (TPSA) is 94.1 Å². The molecule has 1 aliphatic carbocycles. The first-order valence-corrected chi connectivity index (χ1v) is 14.4. The molecule has 0 amide bonds. The first kappa shape index (κ1) is 28.1. The van der Waals surface area contributed by atoms with Crippen molar-refractivity contribution in [3.05, 3.63) is 74.5 Å². The summed E-state index contributed by atoms with van der Waals surface area (Å²) in [7, 11) is 3.09. The van der Waals surface area contributed by atoms with Gasteiger partial charge in [-0.3, -0.25) is 4.79 Å². The van der Waals surface area contributed by atoms with Crippen molar-refractivity contribution in [2.45, 2.75) is 38.5 Å². The minimum absolute atomic E-state index is 0.0491. The SMILES string of the molecule is CCSCCOC(=O)C1=C(C)NC2=C(C(=O)C[C@H](c3ccccc3OC)C2)[C@@H]1c1cc(Br)c(O)c(OC)c1. The Morgan fingerprint density at radius 3 is 2.61 bits per heavy atom. The number of para-hydroxylation sites is 1. The molecule has 0 saturated heterocycles. The maximum absolute atomic E-state index is 13.9. The summed E-state index contributed by atoms with van der Waals surface area (Å²) in [6.07, 6.45) is 0.865. The Bertz CT molecular complexity index is 1300. The number of carbonyl (C=O) groups excluding carboxylic acids is 2. The molecule has 0 radical (unpaired) electrons. The van der Waals surface area contributed by atoms with Crippen molar-refractivity contribution in [3.8, 4) is 17.2 Å². The van der Waals surface area contributed by atoms with Gasteiger partial charge >= 0.3 is 5.97 Å². The molecule has 2 aromatic carbocycles. The smallest absolute Gasteiger partial charge is 0.336 e. The van der Waals surface area contributed by atoms with E-state index in [1.54, 1.807) is 31.0 Å². The number of thioether (sulfide) groups is 1. The van der Waals surface area contributed by atoms with Gasteiger partial charge in [0.25, 0.3) is 0 Å². The number of ketones is 1. The number of benzene rings is 2. The second kappa shape index (κ2) is 12.3. The summed E-state index contributed by atoms with van der Waals surface area (Å²) < 4.78 is 17.0. The van der Waals surface area contributed by atoms with Gasteiger partial charge in [-0.2, -0.15) is 11.8 Å². The molecule has 2 aromatic rings. The van der Waals surface area contributed by atoms with Crippen molar-refractivity contribution >= 4 is 39.4 Å². The van der Waals surface area contributed by atoms with E-state index in [0.717, 1.165) is 22.8 Å². The molecular weight excluding hydrogens is 570 g/mol. The number of phenols is 1. The highest BCUT2D eigenvalue weighted by Gasteiger charge is 2.42. The number of hydrogen-bond donors (Lipinski definition) is 2. The Morgan fingerprint density at radius 2 is 1.89 bits per heavy atom. The summed E-state index contributed by atoms with van der Waals surface area (Å²) >= 11 is 5.09. The predicted molar refractivity (Wildman–Crippen MR) is 152 cm³/mol. The number of carbonyl (C=O) groups is 2. The third-order valence-electron chi connectivity index (χ3n) is 6.90. The number of nitrogens with one attached hydrogen (secondary N) is 1. The number of methoxy groups -OCH3 is 2. The number of Topliss-reactive ketones (excluding diaryl/α,β-unsaturated/α-hetero) is 1. The number of phenolic OH excluding ortho intramolecular Hbond substituents is 1. The van der Waals surface area contributed by atoms with Crippen molar-refractivity contribution in [1.29, 1.82) is 0 Å². The molecule has 2 N–H and O–H groups in total. The van der Waals surface area contributed by atoms with Crippen LogP contribution in [0.25, 0.3) is 0 Å². The molecule has 0 unspecified atom stereocenters. The third kappa shape index (κ3) is 5.59. The number of hydrogen-bond acceptors (Lipinski definition) is 8. The molecule has 1 heterocycles. The van der Waals surface area contributed by atoms with Gasteiger partial charge in [0, 0.05) is 41.0 Å². The zero-order valence-corrected chi connectivity index (χ0v) is 24.3. The molecule has 7 nitrogen and oxygen atoms in total. The van der Waals surface area contributed by atoms with Crippen LogP contribution in [0.1, 0.15) is 49.7 Å². The highest BCUT2D eigenvalue weighted by Crippen LogP contribution is 2.49. The Hall–Kier alpha value is -2.91. The minimum atomic E-state index is -0.672. The molecule has 0 saturated carbocycles. The lowest BCUT2D eigenvalue weighted by atomic mass is 9.71. The molecule has 1 aliphatic heterocycles. The summed E-state index contributed by atoms with van der Waals surface area (Å²) in [5, 5.41) is 13.8. The fourth-order valence-corrected chi connectivity index (χ4v) is 6.15. The maximum Gasteiger partial charge on any atom is 0.336 e. The van der Waals surface area contributed by atoms with E-state index in [1.807, 2.05) is 31.2 Å². The van der Waals surface area contributed by atoms with Crippen LogP contribution in [0.3, 0.4) is 0 Å². The number of ether oxygens (including phenoxy) is 3. The molecule has 0 bridgehead atoms. The van der Waals surface area contributed by atoms with Crippen LogP contribution >= 0.6 is 27.7 Å². The zero-order chi connectivity index (χ0) is 27.4. The Balaban J connectivity index is 1.80. The molecule has 2 aliphatic rings. The van der Waals surface area contributed by atoms with Gasteiger partial charge in [-0.1, -0.05) is 25.1 Å². The van der Waals surface area contributed by atoms with E-state index in [-0.39, 0.29) is 36.2 Å². The fourth-order valence-electron chi connectivity index (χ4n) is 5.20. The highest BCUT2D eigenvalue weighted by atomic mass is 79.9. The quantitative estimate of drug-likeness (QED) is 0.274. The average molecular weight is 603 g/mol. The Labute approximate surface area is 235 Å². The van der Waals surface area contributed by atoms with E-state index in [4.69, 9.17) is 14.2 Å². The lowest BCUT2D eigenvalue weighted by Gasteiger charge is -2.37. The number of rotatable bonds is 9. The third-order valence-corrected chi connectivity index (χ3v) is 8.36. The molecule has 38 heavy (non-hydrogen) atoms. The van der Waals surface area contributed by atoms with Crippen LogP contribution in [0, 0.1) is 0 Å². The largest absolute Gasteiger partial charge is 0.503 e. The van der Waals surface area contributed by atoms with Gasteiger partial charge in [0.15, 0.2) is 17.3 Å². The first-order valence-electron chi connectivity index (χ1n) is 12.5. The summed E-state index contributed by atoms with van der Waals surface area (Å²) in [4.78, 5) is 27.3. The van der Waals surface area contributed by atoms with Crippen molar-refractivity contribution < 1.29 is 28.9 Å². The second-order valence-corrected chi connectivity index (χ2v) is 11.4. The first-order chi connectivity index (χ1) is 18.3. The Morgan fingerprint density at radius 1 is 1.16 bits per heavy atom.